The van der Waals surface area contributed by atoms with Crippen LogP contribution in [0.2, 0.25) is 5.02 Å². The molecule has 0 radical (unpaired) electrons. The van der Waals surface area contributed by atoms with E-state index in [4.69, 9.17) is 11.6 Å². The van der Waals surface area contributed by atoms with Crippen molar-refractivity contribution < 1.29 is 8.42 Å². The Labute approximate surface area is 216 Å². The second-order valence-corrected chi connectivity index (χ2v) is 11.7. The van der Waals surface area contributed by atoms with Crippen LogP contribution in [-0.4, -0.2) is 66.1 Å². The Bertz CT molecular complexity index is 1390. The summed E-state index contributed by atoms with van der Waals surface area (Å²) in [5, 5.41) is 5.00. The Balaban J connectivity index is 1.46. The Kier molecular flexibility index (Phi) is 7.16. The van der Waals surface area contributed by atoms with Gasteiger partial charge >= 0.3 is 0 Å². The molecule has 0 spiro atoms. The van der Waals surface area contributed by atoms with E-state index in [2.05, 4.69) is 10.00 Å². The number of nitrogens with zero attached hydrogens (tertiary/aromatic N) is 5. The highest BCUT2D eigenvalue weighted by molar-refractivity contribution is 7.86. The molecule has 5 rings (SSSR count). The summed E-state index contributed by atoms with van der Waals surface area (Å²) in [5.41, 5.74) is 3.95. The smallest absolute Gasteiger partial charge is 0.282 e. The van der Waals surface area contributed by atoms with Gasteiger partial charge in [0.15, 0.2) is 0 Å². The molecule has 2 fully saturated rings. The van der Waals surface area contributed by atoms with Gasteiger partial charge in [0, 0.05) is 56.3 Å². The second kappa shape index (κ2) is 10.3. The van der Waals surface area contributed by atoms with Crippen molar-refractivity contribution in [3.8, 4) is 5.69 Å². The zero-order valence-corrected chi connectivity index (χ0v) is 21.9. The zero-order valence-electron chi connectivity index (χ0n) is 20.3. The normalized spacial score (nSPS) is 17.6. The lowest BCUT2D eigenvalue weighted by Crippen LogP contribution is -2.53. The number of aryl methyl sites for hydroxylation is 1. The molecule has 2 aromatic carbocycles. The minimum Gasteiger partial charge on any atom is -0.367 e. The van der Waals surface area contributed by atoms with E-state index in [1.807, 2.05) is 31.2 Å². The second-order valence-electron chi connectivity index (χ2n) is 9.37. The lowest BCUT2D eigenvalue weighted by atomic mass is 10.0. The molecule has 0 unspecified atom stereocenters. The van der Waals surface area contributed by atoms with Gasteiger partial charge < -0.3 is 4.90 Å². The van der Waals surface area contributed by atoms with Gasteiger partial charge in [-0.2, -0.15) is 26.8 Å². The highest BCUT2D eigenvalue weighted by Gasteiger charge is 2.34. The van der Waals surface area contributed by atoms with E-state index in [-0.39, 0.29) is 5.56 Å². The lowest BCUT2D eigenvalue weighted by molar-refractivity contribution is 0.343. The molecule has 190 valence electrons. The van der Waals surface area contributed by atoms with Crippen molar-refractivity contribution in [3.63, 3.8) is 0 Å². The molecule has 0 N–H and O–H groups in total. The third-order valence-electron chi connectivity index (χ3n) is 6.91. The van der Waals surface area contributed by atoms with Gasteiger partial charge in [-0.05, 0) is 43.5 Å². The van der Waals surface area contributed by atoms with E-state index in [9.17, 15) is 13.2 Å². The molecule has 36 heavy (non-hydrogen) atoms. The predicted molar refractivity (Wildman–Crippen MR) is 142 cm³/mol. The molecule has 0 saturated carbocycles. The molecule has 0 amide bonds. The molecule has 10 heteroatoms. The minimum absolute atomic E-state index is 0.206. The first kappa shape index (κ1) is 25.0. The van der Waals surface area contributed by atoms with Gasteiger partial charge in [-0.1, -0.05) is 47.5 Å². The predicted octanol–water partition coefficient (Wildman–Crippen LogP) is 3.25. The number of aromatic nitrogens is 2. The van der Waals surface area contributed by atoms with Gasteiger partial charge in [0.2, 0.25) is 0 Å². The number of anilines is 1. The lowest BCUT2D eigenvalue weighted by Gasteiger charge is -2.37. The van der Waals surface area contributed by atoms with E-state index in [0.717, 1.165) is 29.7 Å². The van der Waals surface area contributed by atoms with Gasteiger partial charge in [0.25, 0.3) is 15.8 Å². The maximum atomic E-state index is 13.7. The molecule has 3 heterocycles. The van der Waals surface area contributed by atoms with Crippen molar-refractivity contribution >= 4 is 27.5 Å². The quantitative estimate of drug-likeness (QED) is 0.492. The molecule has 0 atom stereocenters. The third-order valence-corrected chi connectivity index (χ3v) is 9.18. The SMILES string of the molecule is Cc1ccc(Cc2c(N3CCN(S(=O)(=O)N4CCCC4)CC3)cnn(-c3cccc(Cl)c3)c2=O)cc1. The van der Waals surface area contributed by atoms with E-state index in [1.54, 1.807) is 39.1 Å². The van der Waals surface area contributed by atoms with Crippen molar-refractivity contribution in [2.24, 2.45) is 0 Å². The summed E-state index contributed by atoms with van der Waals surface area (Å²) in [6, 6.07) is 15.2. The van der Waals surface area contributed by atoms with Crippen molar-refractivity contribution in [1.82, 2.24) is 18.4 Å². The molecule has 8 nitrogen and oxygen atoms in total. The van der Waals surface area contributed by atoms with Gasteiger partial charge in [-0.25, -0.2) is 0 Å². The minimum atomic E-state index is -3.44. The highest BCUT2D eigenvalue weighted by Crippen LogP contribution is 2.25. The first-order valence-electron chi connectivity index (χ1n) is 12.3. The maximum absolute atomic E-state index is 13.7. The largest absolute Gasteiger partial charge is 0.367 e. The number of benzene rings is 2. The van der Waals surface area contributed by atoms with Gasteiger partial charge in [-0.15, -0.1) is 0 Å². The summed E-state index contributed by atoms with van der Waals surface area (Å²) in [4.78, 5) is 15.8. The molecule has 1 aromatic heterocycles. The number of hydrogen-bond acceptors (Lipinski definition) is 5. The van der Waals surface area contributed by atoms with Gasteiger partial charge in [0.05, 0.1) is 17.6 Å². The van der Waals surface area contributed by atoms with Crippen LogP contribution < -0.4 is 10.5 Å². The van der Waals surface area contributed by atoms with E-state index in [0.29, 0.717) is 62.0 Å². The fraction of sp³-hybridized carbons (Fsp3) is 0.385. The van der Waals surface area contributed by atoms with Crippen LogP contribution in [-0.2, 0) is 16.6 Å². The summed E-state index contributed by atoms with van der Waals surface area (Å²) in [5.74, 6) is 0. The van der Waals surface area contributed by atoms with Crippen LogP contribution in [0.3, 0.4) is 0 Å². The number of hydrogen-bond donors (Lipinski definition) is 0. The molecular weight excluding hydrogens is 498 g/mol. The Morgan fingerprint density at radius 3 is 2.25 bits per heavy atom. The average molecular weight is 528 g/mol. The van der Waals surface area contributed by atoms with Crippen LogP contribution in [0.4, 0.5) is 5.69 Å². The molecule has 2 saturated heterocycles. The van der Waals surface area contributed by atoms with Crippen LogP contribution in [0.25, 0.3) is 5.69 Å². The first-order valence-corrected chi connectivity index (χ1v) is 14.0. The zero-order chi connectivity index (χ0) is 25.3. The Hall–Kier alpha value is -2.72. The molecule has 2 aliphatic rings. The molecular formula is C26H30ClN5O3S. The van der Waals surface area contributed by atoms with Gasteiger partial charge in [0.1, 0.15) is 0 Å². The third kappa shape index (κ3) is 5.06. The topological polar surface area (TPSA) is 78.8 Å². The number of halogens is 1. The number of piperazine rings is 1. The fourth-order valence-electron chi connectivity index (χ4n) is 4.86. The summed E-state index contributed by atoms with van der Waals surface area (Å²) >= 11 is 6.17. The maximum Gasteiger partial charge on any atom is 0.282 e. The standard InChI is InChI=1S/C26H30ClN5O3S/c1-20-7-9-21(10-8-20)17-24-25(19-28-32(26(24)33)23-6-4-5-22(27)18-23)29-13-15-31(16-14-29)36(34,35)30-11-2-3-12-30/h4-10,18-19H,2-3,11-17H2,1H3. The summed E-state index contributed by atoms with van der Waals surface area (Å²) in [6.07, 6.45) is 3.99. The van der Waals surface area contributed by atoms with Crippen molar-refractivity contribution in [1.29, 1.82) is 0 Å². The van der Waals surface area contributed by atoms with Crippen LogP contribution in [0.5, 0.6) is 0 Å². The Morgan fingerprint density at radius 1 is 0.917 bits per heavy atom. The van der Waals surface area contributed by atoms with Crippen LogP contribution >= 0.6 is 11.6 Å². The van der Waals surface area contributed by atoms with Crippen molar-refractivity contribution in [2.45, 2.75) is 26.2 Å². The first-order chi connectivity index (χ1) is 17.3. The van der Waals surface area contributed by atoms with E-state index < -0.39 is 10.2 Å². The molecule has 2 aliphatic heterocycles. The summed E-state index contributed by atoms with van der Waals surface area (Å²) in [7, 11) is -3.44. The molecule has 3 aromatic rings. The average Bonchev–Trinajstić information content (AvgIpc) is 3.43. The monoisotopic (exact) mass is 527 g/mol. The molecule has 0 bridgehead atoms. The van der Waals surface area contributed by atoms with Crippen LogP contribution in [0, 0.1) is 6.92 Å². The van der Waals surface area contributed by atoms with E-state index >= 15 is 0 Å². The van der Waals surface area contributed by atoms with Crippen LogP contribution in [0.15, 0.2) is 59.5 Å². The van der Waals surface area contributed by atoms with E-state index in [1.165, 1.54) is 4.68 Å². The summed E-state index contributed by atoms with van der Waals surface area (Å²) in [6.45, 7) is 4.96. The van der Waals surface area contributed by atoms with Crippen LogP contribution in [0.1, 0.15) is 29.5 Å². The summed E-state index contributed by atoms with van der Waals surface area (Å²) < 4.78 is 30.5. The fourth-order valence-corrected chi connectivity index (χ4v) is 6.72. The van der Waals surface area contributed by atoms with Gasteiger partial charge in [-0.3, -0.25) is 4.79 Å². The van der Waals surface area contributed by atoms with Crippen molar-refractivity contribution in [2.75, 3.05) is 44.2 Å². The van der Waals surface area contributed by atoms with Crippen molar-refractivity contribution in [3.05, 3.63) is 86.8 Å². The highest BCUT2D eigenvalue weighted by atomic mass is 35.5. The Morgan fingerprint density at radius 2 is 1.58 bits per heavy atom. The number of rotatable bonds is 6. The molecule has 0 aliphatic carbocycles.